The summed E-state index contributed by atoms with van der Waals surface area (Å²) in [5.74, 6) is 0.532. The number of nitrogens with one attached hydrogen (secondary N) is 1. The minimum atomic E-state index is -0.107. The topological polar surface area (TPSA) is 58.4 Å². The number of hydrogen-bond donors (Lipinski definition) is 1. The molecule has 1 fully saturated rings. The number of halogens is 1. The van der Waals surface area contributed by atoms with Gasteiger partial charge in [0.2, 0.25) is 0 Å². The summed E-state index contributed by atoms with van der Waals surface area (Å²) in [6.07, 6.45) is 1.55. The lowest BCUT2D eigenvalue weighted by atomic mass is 9.99. The molecule has 2 heterocycles. The Morgan fingerprint density at radius 1 is 1.42 bits per heavy atom. The summed E-state index contributed by atoms with van der Waals surface area (Å²) < 4.78 is 5.24. The van der Waals surface area contributed by atoms with Crippen LogP contribution in [-0.2, 0) is 6.42 Å². The Morgan fingerprint density at radius 2 is 2.12 bits per heavy atom. The SMILES string of the molecule is CCc1onc(C)c1C(=O)N[C@@H]1CCN(C)[C@H]1c1ccc(Cl)cc1. The number of nitrogens with zero attached hydrogens (tertiary/aromatic N) is 2. The molecular formula is C18H22ClN3O2. The van der Waals surface area contributed by atoms with Crippen LogP contribution < -0.4 is 5.32 Å². The molecule has 6 heteroatoms. The minimum Gasteiger partial charge on any atom is -0.360 e. The molecule has 5 nitrogen and oxygen atoms in total. The summed E-state index contributed by atoms with van der Waals surface area (Å²) in [5.41, 5.74) is 2.36. The van der Waals surface area contributed by atoms with E-state index in [9.17, 15) is 4.79 Å². The monoisotopic (exact) mass is 347 g/mol. The molecule has 1 aliphatic rings. The van der Waals surface area contributed by atoms with Gasteiger partial charge in [-0.15, -0.1) is 0 Å². The van der Waals surface area contributed by atoms with Gasteiger partial charge in [-0.25, -0.2) is 0 Å². The maximum atomic E-state index is 12.7. The minimum absolute atomic E-state index is 0.0441. The highest BCUT2D eigenvalue weighted by Crippen LogP contribution is 2.32. The second kappa shape index (κ2) is 6.95. The number of likely N-dealkylation sites (tertiary alicyclic amines) is 1. The molecule has 2 atom stereocenters. The number of carbonyl (C=O) groups excluding carboxylic acids is 1. The van der Waals surface area contributed by atoms with Gasteiger partial charge in [-0.2, -0.15) is 0 Å². The number of carbonyl (C=O) groups is 1. The molecule has 0 unspecified atom stereocenters. The number of likely N-dealkylation sites (N-methyl/N-ethyl adjacent to an activating group) is 1. The van der Waals surface area contributed by atoms with Crippen molar-refractivity contribution in [2.45, 2.75) is 38.8 Å². The van der Waals surface area contributed by atoms with Crippen LogP contribution in [0.25, 0.3) is 0 Å². The summed E-state index contributed by atoms with van der Waals surface area (Å²) in [6.45, 7) is 4.69. The van der Waals surface area contributed by atoms with Gasteiger partial charge in [-0.05, 0) is 38.1 Å². The first kappa shape index (κ1) is 17.0. The molecule has 3 rings (SSSR count). The molecule has 0 aliphatic carbocycles. The van der Waals surface area contributed by atoms with Crippen LogP contribution in [0.2, 0.25) is 5.02 Å². The molecule has 0 spiro atoms. The molecule has 0 saturated carbocycles. The third-order valence-electron chi connectivity index (χ3n) is 4.66. The van der Waals surface area contributed by atoms with Gasteiger partial charge in [0, 0.05) is 18.0 Å². The van der Waals surface area contributed by atoms with E-state index >= 15 is 0 Å². The number of benzene rings is 1. The standard InChI is InChI=1S/C18H22ClN3O2/c1-4-15-16(11(2)21-24-15)18(23)20-14-9-10-22(3)17(14)12-5-7-13(19)8-6-12/h5-8,14,17H,4,9-10H2,1-3H3,(H,20,23)/t14-,17+/m1/s1. The maximum Gasteiger partial charge on any atom is 0.257 e. The first-order chi connectivity index (χ1) is 11.5. The molecule has 128 valence electrons. The average molecular weight is 348 g/mol. The molecule has 1 N–H and O–H groups in total. The first-order valence-electron chi connectivity index (χ1n) is 8.23. The fourth-order valence-corrected chi connectivity index (χ4v) is 3.56. The van der Waals surface area contributed by atoms with Gasteiger partial charge < -0.3 is 9.84 Å². The lowest BCUT2D eigenvalue weighted by Gasteiger charge is -2.26. The molecule has 1 amide bonds. The van der Waals surface area contributed by atoms with E-state index in [1.54, 1.807) is 6.92 Å². The van der Waals surface area contributed by atoms with Gasteiger partial charge in [0.1, 0.15) is 11.3 Å². The van der Waals surface area contributed by atoms with E-state index in [0.29, 0.717) is 28.5 Å². The summed E-state index contributed by atoms with van der Waals surface area (Å²) >= 11 is 5.99. The van der Waals surface area contributed by atoms with E-state index in [1.165, 1.54) is 0 Å². The Kier molecular flexibility index (Phi) is 4.92. The van der Waals surface area contributed by atoms with Gasteiger partial charge >= 0.3 is 0 Å². The zero-order valence-electron chi connectivity index (χ0n) is 14.2. The van der Waals surface area contributed by atoms with Crippen molar-refractivity contribution >= 4 is 17.5 Å². The van der Waals surface area contributed by atoms with Crippen molar-refractivity contribution in [3.8, 4) is 0 Å². The first-order valence-corrected chi connectivity index (χ1v) is 8.60. The molecule has 1 aromatic carbocycles. The van der Waals surface area contributed by atoms with E-state index in [2.05, 4.69) is 22.4 Å². The number of aryl methyl sites for hydroxylation is 2. The summed E-state index contributed by atoms with van der Waals surface area (Å²) in [4.78, 5) is 15.0. The van der Waals surface area contributed by atoms with E-state index < -0.39 is 0 Å². The van der Waals surface area contributed by atoms with Crippen LogP contribution in [0.5, 0.6) is 0 Å². The van der Waals surface area contributed by atoms with Crippen molar-refractivity contribution in [2.24, 2.45) is 0 Å². The van der Waals surface area contributed by atoms with Crippen LogP contribution >= 0.6 is 11.6 Å². The van der Waals surface area contributed by atoms with Gasteiger partial charge in [0.05, 0.1) is 17.8 Å². The fraction of sp³-hybridized carbons (Fsp3) is 0.444. The van der Waals surface area contributed by atoms with Crippen molar-refractivity contribution in [2.75, 3.05) is 13.6 Å². The van der Waals surface area contributed by atoms with Gasteiger partial charge in [-0.1, -0.05) is 35.8 Å². The molecule has 0 bridgehead atoms. The second-order valence-electron chi connectivity index (χ2n) is 6.27. The molecule has 2 aromatic rings. The highest BCUT2D eigenvalue weighted by molar-refractivity contribution is 6.30. The van der Waals surface area contributed by atoms with Crippen molar-refractivity contribution in [3.63, 3.8) is 0 Å². The van der Waals surface area contributed by atoms with E-state index in [1.807, 2.05) is 31.2 Å². The predicted molar refractivity (Wildman–Crippen MR) is 93.3 cm³/mol. The van der Waals surface area contributed by atoms with Gasteiger partial charge in [0.15, 0.2) is 0 Å². The predicted octanol–water partition coefficient (Wildman–Crippen LogP) is 3.37. The number of amides is 1. The summed E-state index contributed by atoms with van der Waals surface area (Å²) in [5, 5.41) is 7.82. The number of aromatic nitrogens is 1. The normalized spacial score (nSPS) is 21.2. The van der Waals surface area contributed by atoms with E-state index in [4.69, 9.17) is 16.1 Å². The van der Waals surface area contributed by atoms with Crippen LogP contribution in [-0.4, -0.2) is 35.6 Å². The van der Waals surface area contributed by atoms with Crippen molar-refractivity contribution in [1.82, 2.24) is 15.4 Å². The maximum absolute atomic E-state index is 12.7. The van der Waals surface area contributed by atoms with Crippen molar-refractivity contribution in [1.29, 1.82) is 0 Å². The number of hydrogen-bond acceptors (Lipinski definition) is 4. The molecule has 24 heavy (non-hydrogen) atoms. The third kappa shape index (κ3) is 3.19. The third-order valence-corrected chi connectivity index (χ3v) is 4.91. The Bertz CT molecular complexity index is 726. The summed E-state index contributed by atoms with van der Waals surface area (Å²) in [6, 6.07) is 8.01. The highest BCUT2D eigenvalue weighted by atomic mass is 35.5. The molecule has 1 saturated heterocycles. The van der Waals surface area contributed by atoms with Crippen LogP contribution in [0, 0.1) is 6.92 Å². The lowest BCUT2D eigenvalue weighted by molar-refractivity contribution is 0.0925. The van der Waals surface area contributed by atoms with Gasteiger partial charge in [0.25, 0.3) is 5.91 Å². The molecule has 1 aliphatic heterocycles. The second-order valence-corrected chi connectivity index (χ2v) is 6.70. The Balaban J connectivity index is 1.81. The van der Waals surface area contributed by atoms with Crippen LogP contribution in [0.4, 0.5) is 0 Å². The van der Waals surface area contributed by atoms with E-state index in [0.717, 1.165) is 18.5 Å². The largest absolute Gasteiger partial charge is 0.360 e. The van der Waals surface area contributed by atoms with Crippen molar-refractivity contribution < 1.29 is 9.32 Å². The Morgan fingerprint density at radius 3 is 2.79 bits per heavy atom. The Hall–Kier alpha value is -1.85. The van der Waals surface area contributed by atoms with E-state index in [-0.39, 0.29) is 18.0 Å². The Labute approximate surface area is 147 Å². The zero-order valence-corrected chi connectivity index (χ0v) is 14.9. The molecule has 0 radical (unpaired) electrons. The smallest absolute Gasteiger partial charge is 0.257 e. The average Bonchev–Trinajstić information content (AvgIpc) is 3.11. The van der Waals surface area contributed by atoms with Crippen molar-refractivity contribution in [3.05, 3.63) is 51.9 Å². The lowest BCUT2D eigenvalue weighted by Crippen LogP contribution is -2.39. The fourth-order valence-electron chi connectivity index (χ4n) is 3.43. The highest BCUT2D eigenvalue weighted by Gasteiger charge is 2.35. The molecular weight excluding hydrogens is 326 g/mol. The van der Waals surface area contributed by atoms with Crippen LogP contribution in [0.1, 0.15) is 46.8 Å². The summed E-state index contributed by atoms with van der Waals surface area (Å²) in [7, 11) is 2.08. The number of rotatable bonds is 4. The van der Waals surface area contributed by atoms with Crippen LogP contribution in [0.3, 0.4) is 0 Å². The van der Waals surface area contributed by atoms with Crippen LogP contribution in [0.15, 0.2) is 28.8 Å². The quantitative estimate of drug-likeness (QED) is 0.921. The van der Waals surface area contributed by atoms with Gasteiger partial charge in [-0.3, -0.25) is 9.69 Å². The zero-order chi connectivity index (χ0) is 17.3. The molecule has 1 aromatic heterocycles.